The zero-order valence-electron chi connectivity index (χ0n) is 9.64. The van der Waals surface area contributed by atoms with Crippen LogP contribution in [0.5, 0.6) is 11.6 Å². The molecule has 0 aliphatic heterocycles. The highest BCUT2D eigenvalue weighted by Gasteiger charge is 2.06. The SMILES string of the molecule is Cc1cc(C#N)cc(Oc2ccc(Br)cc2N)n1. The number of aryl methyl sites for hydroxylation is 1. The van der Waals surface area contributed by atoms with E-state index in [1.165, 1.54) is 0 Å². The molecule has 0 spiro atoms. The highest BCUT2D eigenvalue weighted by atomic mass is 79.9. The van der Waals surface area contributed by atoms with Gasteiger partial charge in [0.2, 0.25) is 5.88 Å². The van der Waals surface area contributed by atoms with Crippen LogP contribution in [0, 0.1) is 18.3 Å². The van der Waals surface area contributed by atoms with E-state index in [0.717, 1.165) is 10.2 Å². The van der Waals surface area contributed by atoms with Gasteiger partial charge in [-0.1, -0.05) is 15.9 Å². The van der Waals surface area contributed by atoms with Crippen LogP contribution in [0.2, 0.25) is 0 Å². The van der Waals surface area contributed by atoms with Gasteiger partial charge in [0, 0.05) is 16.2 Å². The molecule has 0 aliphatic rings. The second-order valence-corrected chi connectivity index (χ2v) is 4.65. The maximum atomic E-state index is 8.88. The van der Waals surface area contributed by atoms with E-state index >= 15 is 0 Å². The molecule has 2 N–H and O–H groups in total. The molecule has 4 nitrogen and oxygen atoms in total. The molecule has 0 amide bonds. The van der Waals surface area contributed by atoms with Crippen molar-refractivity contribution in [1.82, 2.24) is 4.98 Å². The third-order valence-electron chi connectivity index (χ3n) is 2.25. The Morgan fingerprint density at radius 3 is 2.78 bits per heavy atom. The van der Waals surface area contributed by atoms with Crippen LogP contribution >= 0.6 is 15.9 Å². The Labute approximate surface area is 113 Å². The number of nitrogens with two attached hydrogens (primary N) is 1. The molecule has 1 aromatic heterocycles. The fourth-order valence-electron chi connectivity index (χ4n) is 1.48. The van der Waals surface area contributed by atoms with Crippen molar-refractivity contribution in [3.05, 3.63) is 46.1 Å². The van der Waals surface area contributed by atoms with E-state index in [-0.39, 0.29) is 0 Å². The predicted octanol–water partition coefficient (Wildman–Crippen LogP) is 3.40. The minimum atomic E-state index is 0.362. The van der Waals surface area contributed by atoms with Gasteiger partial charge in [0.15, 0.2) is 5.75 Å². The fraction of sp³-hybridized carbons (Fsp3) is 0.0769. The summed E-state index contributed by atoms with van der Waals surface area (Å²) in [6, 6.07) is 10.6. The molecule has 90 valence electrons. The monoisotopic (exact) mass is 303 g/mol. The lowest BCUT2D eigenvalue weighted by molar-refractivity contribution is 0.463. The van der Waals surface area contributed by atoms with Crippen molar-refractivity contribution in [3.63, 3.8) is 0 Å². The van der Waals surface area contributed by atoms with Crippen LogP contribution < -0.4 is 10.5 Å². The molecule has 2 aromatic rings. The van der Waals surface area contributed by atoms with E-state index < -0.39 is 0 Å². The molecule has 0 radical (unpaired) electrons. The number of nitrogen functional groups attached to an aromatic ring is 1. The molecule has 2 rings (SSSR count). The van der Waals surface area contributed by atoms with Gasteiger partial charge in [-0.3, -0.25) is 0 Å². The molecule has 0 unspecified atom stereocenters. The molecule has 0 bridgehead atoms. The van der Waals surface area contributed by atoms with Crippen LogP contribution in [-0.4, -0.2) is 4.98 Å². The summed E-state index contributed by atoms with van der Waals surface area (Å²) >= 11 is 3.32. The van der Waals surface area contributed by atoms with Gasteiger partial charge in [0.25, 0.3) is 0 Å². The number of hydrogen-bond donors (Lipinski definition) is 1. The van der Waals surface area contributed by atoms with Crippen molar-refractivity contribution in [2.45, 2.75) is 6.92 Å². The van der Waals surface area contributed by atoms with E-state index in [4.69, 9.17) is 15.7 Å². The maximum absolute atomic E-state index is 8.88. The summed E-state index contributed by atoms with van der Waals surface area (Å²) in [6.07, 6.45) is 0. The zero-order chi connectivity index (χ0) is 13.1. The van der Waals surface area contributed by atoms with E-state index in [1.807, 2.05) is 6.07 Å². The summed E-state index contributed by atoms with van der Waals surface area (Å²) in [4.78, 5) is 4.20. The molecule has 0 aliphatic carbocycles. The summed E-state index contributed by atoms with van der Waals surface area (Å²) in [5, 5.41) is 8.88. The van der Waals surface area contributed by atoms with Crippen molar-refractivity contribution in [2.75, 3.05) is 5.73 Å². The highest BCUT2D eigenvalue weighted by molar-refractivity contribution is 9.10. The molecule has 0 saturated heterocycles. The molecule has 0 atom stereocenters. The predicted molar refractivity (Wildman–Crippen MR) is 72.3 cm³/mol. The van der Waals surface area contributed by atoms with E-state index in [1.54, 1.807) is 31.2 Å². The van der Waals surface area contributed by atoms with Gasteiger partial charge in [0.1, 0.15) is 0 Å². The Morgan fingerprint density at radius 1 is 1.33 bits per heavy atom. The van der Waals surface area contributed by atoms with Gasteiger partial charge in [-0.05, 0) is 31.2 Å². The number of rotatable bonds is 2. The first kappa shape index (κ1) is 12.4. The number of aromatic nitrogens is 1. The lowest BCUT2D eigenvalue weighted by Gasteiger charge is -2.08. The van der Waals surface area contributed by atoms with E-state index in [0.29, 0.717) is 22.9 Å². The third-order valence-corrected chi connectivity index (χ3v) is 2.74. The summed E-state index contributed by atoms with van der Waals surface area (Å²) in [7, 11) is 0. The number of nitriles is 1. The van der Waals surface area contributed by atoms with Crippen LogP contribution in [0.15, 0.2) is 34.8 Å². The van der Waals surface area contributed by atoms with Gasteiger partial charge in [-0.25, -0.2) is 4.98 Å². The van der Waals surface area contributed by atoms with E-state index in [9.17, 15) is 0 Å². The van der Waals surface area contributed by atoms with Gasteiger partial charge in [-0.2, -0.15) is 5.26 Å². The van der Waals surface area contributed by atoms with Crippen LogP contribution in [0.1, 0.15) is 11.3 Å². The topological polar surface area (TPSA) is 71.9 Å². The van der Waals surface area contributed by atoms with Gasteiger partial charge >= 0.3 is 0 Å². The maximum Gasteiger partial charge on any atom is 0.220 e. The standard InChI is InChI=1S/C13H10BrN3O/c1-8-4-9(7-15)5-13(17-8)18-12-3-2-10(14)6-11(12)16/h2-6H,16H2,1H3. The third kappa shape index (κ3) is 2.79. The van der Waals surface area contributed by atoms with Crippen LogP contribution in [0.3, 0.4) is 0 Å². The minimum absolute atomic E-state index is 0.362. The number of halogens is 1. The first-order chi connectivity index (χ1) is 8.58. The number of pyridine rings is 1. The van der Waals surface area contributed by atoms with Crippen molar-refractivity contribution in [3.8, 4) is 17.7 Å². The van der Waals surface area contributed by atoms with Gasteiger partial charge in [-0.15, -0.1) is 0 Å². The molecule has 0 fully saturated rings. The van der Waals surface area contributed by atoms with E-state index in [2.05, 4.69) is 27.0 Å². The average Bonchev–Trinajstić information content (AvgIpc) is 2.32. The molecule has 1 aromatic carbocycles. The van der Waals surface area contributed by atoms with Crippen molar-refractivity contribution < 1.29 is 4.74 Å². The minimum Gasteiger partial charge on any atom is -0.437 e. The van der Waals surface area contributed by atoms with Gasteiger partial charge in [0.05, 0.1) is 17.3 Å². The molecular formula is C13H10BrN3O. The Balaban J connectivity index is 2.34. The summed E-state index contributed by atoms with van der Waals surface area (Å²) in [5.74, 6) is 0.876. The number of hydrogen-bond acceptors (Lipinski definition) is 4. The lowest BCUT2D eigenvalue weighted by Crippen LogP contribution is -1.95. The van der Waals surface area contributed by atoms with Crippen LogP contribution in [0.4, 0.5) is 5.69 Å². The van der Waals surface area contributed by atoms with Crippen molar-refractivity contribution in [2.24, 2.45) is 0 Å². The van der Waals surface area contributed by atoms with Crippen LogP contribution in [0.25, 0.3) is 0 Å². The lowest BCUT2D eigenvalue weighted by atomic mass is 10.2. The number of benzene rings is 1. The summed E-state index contributed by atoms with van der Waals surface area (Å²) < 4.78 is 6.46. The number of nitrogens with zero attached hydrogens (tertiary/aromatic N) is 2. The smallest absolute Gasteiger partial charge is 0.220 e. The molecule has 18 heavy (non-hydrogen) atoms. The average molecular weight is 304 g/mol. The summed E-state index contributed by atoms with van der Waals surface area (Å²) in [5.41, 5.74) is 7.57. The highest BCUT2D eigenvalue weighted by Crippen LogP contribution is 2.29. The summed E-state index contributed by atoms with van der Waals surface area (Å²) in [6.45, 7) is 1.80. The quantitative estimate of drug-likeness (QED) is 0.863. The number of ether oxygens (including phenoxy) is 1. The van der Waals surface area contributed by atoms with Crippen molar-refractivity contribution >= 4 is 21.6 Å². The second kappa shape index (κ2) is 5.07. The van der Waals surface area contributed by atoms with Crippen molar-refractivity contribution in [1.29, 1.82) is 5.26 Å². The molecular weight excluding hydrogens is 294 g/mol. The Hall–Kier alpha value is -2.06. The first-order valence-corrected chi connectivity index (χ1v) is 5.99. The Bertz CT molecular complexity index is 635. The molecule has 1 heterocycles. The zero-order valence-corrected chi connectivity index (χ0v) is 11.2. The first-order valence-electron chi connectivity index (χ1n) is 5.20. The Kier molecular flexibility index (Phi) is 3.49. The largest absolute Gasteiger partial charge is 0.437 e. The Morgan fingerprint density at radius 2 is 2.11 bits per heavy atom. The van der Waals surface area contributed by atoms with Gasteiger partial charge < -0.3 is 10.5 Å². The molecule has 0 saturated carbocycles. The van der Waals surface area contributed by atoms with Crippen LogP contribution in [-0.2, 0) is 0 Å². The fourth-order valence-corrected chi connectivity index (χ4v) is 1.86. The number of anilines is 1. The molecule has 5 heteroatoms. The second-order valence-electron chi connectivity index (χ2n) is 3.73. The normalized spacial score (nSPS) is 9.83.